The molecule has 0 fully saturated rings. The average Bonchev–Trinajstić information content (AvgIpc) is 2.74. The van der Waals surface area contributed by atoms with Crippen LogP contribution >= 0.6 is 0 Å². The van der Waals surface area contributed by atoms with Gasteiger partial charge in [0.25, 0.3) is 0 Å². The first-order chi connectivity index (χ1) is 15.5. The predicted octanol–water partition coefficient (Wildman–Crippen LogP) is -1.18. The van der Waals surface area contributed by atoms with E-state index in [1.165, 1.54) is 0 Å². The first kappa shape index (κ1) is 30.8. The van der Waals surface area contributed by atoms with Gasteiger partial charge in [-0.3, -0.25) is 19.2 Å². The topological polar surface area (TPSA) is 208 Å². The molecule has 0 aliphatic carbocycles. The number of hydrogen-bond acceptors (Lipinski definition) is 7. The first-order valence-electron chi connectivity index (χ1n) is 11.8. The molecule has 0 aromatic rings. The zero-order valence-electron chi connectivity index (χ0n) is 20.6. The molecule has 4 amide bonds. The number of carbonyl (C=O) groups excluding carboxylic acids is 4. The molecule has 0 aromatic heterocycles. The van der Waals surface area contributed by atoms with E-state index in [9.17, 15) is 19.2 Å². The van der Waals surface area contributed by atoms with Gasteiger partial charge in [-0.1, -0.05) is 34.1 Å². The summed E-state index contributed by atoms with van der Waals surface area (Å²) >= 11 is 0. The average molecular weight is 472 g/mol. The number of carbonyl (C=O) groups is 4. The summed E-state index contributed by atoms with van der Waals surface area (Å²) < 4.78 is 0. The van der Waals surface area contributed by atoms with Crippen LogP contribution in [0.1, 0.15) is 66.2 Å². The molecule has 33 heavy (non-hydrogen) atoms. The molecule has 0 bridgehead atoms. The van der Waals surface area contributed by atoms with Crippen molar-refractivity contribution in [3.05, 3.63) is 0 Å². The maximum Gasteiger partial charge on any atom is 0.243 e. The van der Waals surface area contributed by atoms with Gasteiger partial charge in [0.2, 0.25) is 23.6 Å². The van der Waals surface area contributed by atoms with Gasteiger partial charge in [-0.15, -0.1) is 0 Å². The van der Waals surface area contributed by atoms with Crippen molar-refractivity contribution in [2.24, 2.45) is 34.8 Å². The summed E-state index contributed by atoms with van der Waals surface area (Å²) in [4.78, 5) is 50.1. The number of unbranched alkanes of at least 4 members (excludes halogenated alkanes) is 2. The van der Waals surface area contributed by atoms with Crippen molar-refractivity contribution in [2.45, 2.75) is 90.4 Å². The van der Waals surface area contributed by atoms with Gasteiger partial charge in [0.15, 0.2) is 0 Å². The molecule has 11 nitrogen and oxygen atoms in total. The minimum absolute atomic E-state index is 0.240. The highest BCUT2D eigenvalue weighted by Gasteiger charge is 2.32. The molecule has 4 atom stereocenters. The van der Waals surface area contributed by atoms with Gasteiger partial charge in [-0.05, 0) is 57.0 Å². The van der Waals surface area contributed by atoms with Gasteiger partial charge in [0.1, 0.15) is 18.1 Å². The molecule has 192 valence electrons. The molecular weight excluding hydrogens is 426 g/mol. The van der Waals surface area contributed by atoms with Crippen molar-refractivity contribution in [1.29, 1.82) is 0 Å². The highest BCUT2D eigenvalue weighted by atomic mass is 16.2. The van der Waals surface area contributed by atoms with Crippen LogP contribution in [0.4, 0.5) is 0 Å². The van der Waals surface area contributed by atoms with Crippen LogP contribution in [0.5, 0.6) is 0 Å². The Labute approximate surface area is 197 Å². The number of amides is 4. The third kappa shape index (κ3) is 12.0. The molecule has 0 radical (unpaired) electrons. The van der Waals surface area contributed by atoms with Crippen LogP contribution in [-0.2, 0) is 19.2 Å². The van der Waals surface area contributed by atoms with E-state index in [2.05, 4.69) is 16.0 Å². The Morgan fingerprint density at radius 3 is 1.52 bits per heavy atom. The molecule has 0 aromatic carbocycles. The van der Waals surface area contributed by atoms with Crippen LogP contribution in [0.25, 0.3) is 0 Å². The van der Waals surface area contributed by atoms with Crippen molar-refractivity contribution in [2.75, 3.05) is 13.1 Å². The maximum atomic E-state index is 13.0. The molecule has 0 rings (SSSR count). The van der Waals surface area contributed by atoms with Crippen LogP contribution in [0.15, 0.2) is 0 Å². The molecule has 11 heteroatoms. The van der Waals surface area contributed by atoms with Gasteiger partial charge in [0, 0.05) is 0 Å². The molecule has 0 unspecified atom stereocenters. The first-order valence-corrected chi connectivity index (χ1v) is 11.8. The SMILES string of the molecule is CC(C)[C@H](NC(=O)[C@@H](NC(=O)[C@@H](N)CCCCN)C(C)C)C(=O)N[C@@H](CCCCN)C(N)=O. The molecule has 0 aliphatic heterocycles. The van der Waals surface area contributed by atoms with E-state index in [-0.39, 0.29) is 11.8 Å². The number of nitrogens with two attached hydrogens (primary N) is 4. The quantitative estimate of drug-likeness (QED) is 0.129. The predicted molar refractivity (Wildman–Crippen MR) is 128 cm³/mol. The zero-order valence-corrected chi connectivity index (χ0v) is 20.6. The Balaban J connectivity index is 5.21. The minimum Gasteiger partial charge on any atom is -0.368 e. The Bertz CT molecular complexity index is 628. The molecule has 0 aliphatic rings. The third-order valence-corrected chi connectivity index (χ3v) is 5.41. The number of nitrogens with one attached hydrogen (secondary N) is 3. The van der Waals surface area contributed by atoms with Gasteiger partial charge < -0.3 is 38.9 Å². The summed E-state index contributed by atoms with van der Waals surface area (Å²) in [7, 11) is 0. The minimum atomic E-state index is -0.912. The summed E-state index contributed by atoms with van der Waals surface area (Å²) in [5, 5.41) is 8.04. The fourth-order valence-corrected chi connectivity index (χ4v) is 3.25. The standard InChI is InChI=1S/C22H45N7O4/c1-13(2)17(21(32)27-16(19(26)30)10-6-8-12-24)29-22(33)18(14(3)4)28-20(31)15(25)9-5-7-11-23/h13-18H,5-12,23-25H2,1-4H3,(H2,26,30)(H,27,32)(H,28,31)(H,29,33)/t15-,16-,17-,18-/m0/s1. The molecular formula is C22H45N7O4. The molecule has 0 saturated carbocycles. The fourth-order valence-electron chi connectivity index (χ4n) is 3.25. The fraction of sp³-hybridized carbons (Fsp3) is 0.818. The summed E-state index contributed by atoms with van der Waals surface area (Å²) in [5.74, 6) is -2.60. The summed E-state index contributed by atoms with van der Waals surface area (Å²) in [6.07, 6.45) is 3.64. The highest BCUT2D eigenvalue weighted by molar-refractivity contribution is 5.94. The van der Waals surface area contributed by atoms with Crippen molar-refractivity contribution in [1.82, 2.24) is 16.0 Å². The van der Waals surface area contributed by atoms with Crippen molar-refractivity contribution in [3.63, 3.8) is 0 Å². The second-order valence-electron chi connectivity index (χ2n) is 9.10. The normalized spacial score (nSPS) is 14.9. The molecule has 0 heterocycles. The largest absolute Gasteiger partial charge is 0.368 e. The molecule has 0 spiro atoms. The third-order valence-electron chi connectivity index (χ3n) is 5.41. The van der Waals surface area contributed by atoms with E-state index in [1.807, 2.05) is 0 Å². The zero-order chi connectivity index (χ0) is 25.6. The van der Waals surface area contributed by atoms with Crippen molar-refractivity contribution in [3.8, 4) is 0 Å². The van der Waals surface area contributed by atoms with Crippen LogP contribution in [-0.4, -0.2) is 60.9 Å². The summed E-state index contributed by atoms with van der Waals surface area (Å²) in [6.45, 7) is 8.12. The van der Waals surface area contributed by atoms with E-state index in [4.69, 9.17) is 22.9 Å². The van der Waals surface area contributed by atoms with E-state index in [1.54, 1.807) is 27.7 Å². The van der Waals surface area contributed by atoms with Crippen molar-refractivity contribution < 1.29 is 19.2 Å². The van der Waals surface area contributed by atoms with E-state index in [0.29, 0.717) is 45.2 Å². The Morgan fingerprint density at radius 2 is 1.09 bits per heavy atom. The number of primary amides is 1. The van der Waals surface area contributed by atoms with Crippen LogP contribution in [0.2, 0.25) is 0 Å². The smallest absolute Gasteiger partial charge is 0.243 e. The van der Waals surface area contributed by atoms with Crippen LogP contribution in [0, 0.1) is 11.8 Å². The lowest BCUT2D eigenvalue weighted by Crippen LogP contribution is -2.59. The number of rotatable bonds is 17. The Hall–Kier alpha value is -2.24. The molecule has 0 saturated heterocycles. The van der Waals surface area contributed by atoms with Gasteiger partial charge in [-0.25, -0.2) is 0 Å². The van der Waals surface area contributed by atoms with Gasteiger partial charge in [-0.2, -0.15) is 0 Å². The van der Waals surface area contributed by atoms with Gasteiger partial charge in [0.05, 0.1) is 6.04 Å². The highest BCUT2D eigenvalue weighted by Crippen LogP contribution is 2.09. The Kier molecular flexibility index (Phi) is 15.3. The monoisotopic (exact) mass is 471 g/mol. The van der Waals surface area contributed by atoms with Crippen LogP contribution < -0.4 is 38.9 Å². The lowest BCUT2D eigenvalue weighted by Gasteiger charge is -2.28. The number of hydrogen-bond donors (Lipinski definition) is 7. The van der Waals surface area contributed by atoms with E-state index >= 15 is 0 Å². The Morgan fingerprint density at radius 1 is 0.667 bits per heavy atom. The van der Waals surface area contributed by atoms with E-state index in [0.717, 1.165) is 6.42 Å². The van der Waals surface area contributed by atoms with Gasteiger partial charge >= 0.3 is 0 Å². The lowest BCUT2D eigenvalue weighted by molar-refractivity contribution is -0.135. The van der Waals surface area contributed by atoms with E-state index < -0.39 is 47.8 Å². The summed E-state index contributed by atoms with van der Waals surface area (Å²) in [6, 6.07) is -3.39. The lowest BCUT2D eigenvalue weighted by atomic mass is 9.98. The molecule has 11 N–H and O–H groups in total. The van der Waals surface area contributed by atoms with Crippen LogP contribution in [0.3, 0.4) is 0 Å². The van der Waals surface area contributed by atoms with Crippen molar-refractivity contribution >= 4 is 23.6 Å². The second kappa shape index (κ2) is 16.4. The summed E-state index contributed by atoms with van der Waals surface area (Å²) in [5.41, 5.74) is 22.3. The second-order valence-corrected chi connectivity index (χ2v) is 9.10. The maximum absolute atomic E-state index is 13.0.